The quantitative estimate of drug-likeness (QED) is 0.338. The molecule has 3 aromatic carbocycles. The number of nitro benzene ring substituents is 1. The highest BCUT2D eigenvalue weighted by atomic mass is 79.9. The van der Waals surface area contributed by atoms with Crippen LogP contribution in [-0.2, 0) is 0 Å². The summed E-state index contributed by atoms with van der Waals surface area (Å²) in [4.78, 5) is 37.5. The van der Waals surface area contributed by atoms with Gasteiger partial charge in [0.25, 0.3) is 17.5 Å². The van der Waals surface area contributed by atoms with Crippen LogP contribution in [0.2, 0.25) is 0 Å². The van der Waals surface area contributed by atoms with Crippen LogP contribution >= 0.6 is 15.9 Å². The van der Waals surface area contributed by atoms with Crippen LogP contribution in [0.15, 0.2) is 46.9 Å². The van der Waals surface area contributed by atoms with E-state index in [0.717, 1.165) is 14.9 Å². The van der Waals surface area contributed by atoms with Gasteiger partial charge in [-0.15, -0.1) is 0 Å². The molecule has 0 saturated heterocycles. The molecule has 0 unspecified atom stereocenters. The van der Waals surface area contributed by atoms with Gasteiger partial charge in [0.1, 0.15) is 0 Å². The van der Waals surface area contributed by atoms with Gasteiger partial charge in [0, 0.05) is 28.5 Å². The number of rotatable bonds is 2. The molecule has 0 atom stereocenters. The van der Waals surface area contributed by atoms with E-state index in [9.17, 15) is 19.7 Å². The smallest absolute Gasteiger partial charge is 0.277 e. The van der Waals surface area contributed by atoms with Gasteiger partial charge in [-0.2, -0.15) is 0 Å². The summed E-state index contributed by atoms with van der Waals surface area (Å²) in [5.41, 5.74) is 2.33. The van der Waals surface area contributed by atoms with Gasteiger partial charge in [0.15, 0.2) is 0 Å². The zero-order valence-electron chi connectivity index (χ0n) is 14.4. The molecule has 0 bridgehead atoms. The normalized spacial score (nSPS) is 13.4. The van der Waals surface area contributed by atoms with Gasteiger partial charge in [0.05, 0.1) is 16.1 Å². The fraction of sp³-hybridized carbons (Fsp3) is 0.100. The summed E-state index contributed by atoms with van der Waals surface area (Å²) < 4.78 is 0.862. The van der Waals surface area contributed by atoms with Crippen molar-refractivity contribution in [1.29, 1.82) is 0 Å². The lowest BCUT2D eigenvalue weighted by Crippen LogP contribution is -2.37. The number of hydrogen-bond donors (Lipinski definition) is 0. The van der Waals surface area contributed by atoms with E-state index in [-0.39, 0.29) is 11.3 Å². The summed E-state index contributed by atoms with van der Waals surface area (Å²) in [7, 11) is 1.38. The van der Waals surface area contributed by atoms with E-state index in [1.54, 1.807) is 24.3 Å². The van der Waals surface area contributed by atoms with Crippen LogP contribution in [0.25, 0.3) is 21.9 Å². The summed E-state index contributed by atoms with van der Waals surface area (Å²) in [6.07, 6.45) is 0. The lowest BCUT2D eigenvalue weighted by molar-refractivity contribution is -0.384. The van der Waals surface area contributed by atoms with E-state index < -0.39 is 16.7 Å². The van der Waals surface area contributed by atoms with Gasteiger partial charge in [0.2, 0.25) is 0 Å². The number of halogens is 1. The van der Waals surface area contributed by atoms with E-state index in [1.807, 2.05) is 19.1 Å². The Kier molecular flexibility index (Phi) is 3.85. The van der Waals surface area contributed by atoms with Crippen molar-refractivity contribution in [2.24, 2.45) is 0 Å². The summed E-state index contributed by atoms with van der Waals surface area (Å²) in [5, 5.41) is 12.8. The van der Waals surface area contributed by atoms with Gasteiger partial charge in [-0.3, -0.25) is 24.6 Å². The van der Waals surface area contributed by atoms with Crippen LogP contribution < -0.4 is 0 Å². The molecular formula is C20H13BrN2O4. The predicted molar refractivity (Wildman–Crippen MR) is 105 cm³/mol. The Morgan fingerprint density at radius 3 is 2.37 bits per heavy atom. The van der Waals surface area contributed by atoms with Crippen molar-refractivity contribution in [1.82, 2.24) is 4.90 Å². The van der Waals surface area contributed by atoms with E-state index in [1.165, 1.54) is 13.1 Å². The van der Waals surface area contributed by atoms with Crippen molar-refractivity contribution in [3.63, 3.8) is 0 Å². The minimum Gasteiger partial charge on any atom is -0.277 e. The van der Waals surface area contributed by atoms with Gasteiger partial charge in [-0.25, -0.2) is 0 Å². The number of nitrogens with zero attached hydrogens (tertiary/aromatic N) is 2. The summed E-state index contributed by atoms with van der Waals surface area (Å²) in [5.74, 6) is -0.948. The number of nitro groups is 1. The number of carbonyl (C=O) groups excluding carboxylic acids is 2. The Morgan fingerprint density at radius 2 is 1.70 bits per heavy atom. The Bertz CT molecular complexity index is 1190. The summed E-state index contributed by atoms with van der Waals surface area (Å²) in [6.45, 7) is 1.86. The van der Waals surface area contributed by atoms with Crippen molar-refractivity contribution in [3.8, 4) is 11.1 Å². The van der Waals surface area contributed by atoms with Crippen LogP contribution in [0.1, 0.15) is 26.3 Å². The lowest BCUT2D eigenvalue weighted by atomic mass is 9.87. The van der Waals surface area contributed by atoms with Crippen molar-refractivity contribution in [2.45, 2.75) is 6.92 Å². The number of benzene rings is 3. The molecule has 1 aliphatic heterocycles. The highest BCUT2D eigenvalue weighted by molar-refractivity contribution is 9.10. The Morgan fingerprint density at radius 1 is 1.00 bits per heavy atom. The average molecular weight is 425 g/mol. The summed E-state index contributed by atoms with van der Waals surface area (Å²) in [6, 6.07) is 11.8. The van der Waals surface area contributed by atoms with Crippen LogP contribution in [0.3, 0.4) is 0 Å². The highest BCUT2D eigenvalue weighted by Crippen LogP contribution is 2.43. The molecule has 0 fully saturated rings. The Balaban J connectivity index is 2.21. The van der Waals surface area contributed by atoms with Crippen LogP contribution in [0.4, 0.5) is 5.69 Å². The summed E-state index contributed by atoms with van der Waals surface area (Å²) >= 11 is 3.40. The Hall–Kier alpha value is -3.06. The molecule has 0 N–H and O–H groups in total. The molecule has 1 aliphatic rings. The van der Waals surface area contributed by atoms with Crippen LogP contribution in [0.5, 0.6) is 0 Å². The highest BCUT2D eigenvalue weighted by Gasteiger charge is 2.34. The number of aryl methyl sites for hydroxylation is 1. The molecule has 0 aliphatic carbocycles. The molecule has 27 heavy (non-hydrogen) atoms. The maximum Gasteiger partial charge on any atom is 0.278 e. The predicted octanol–water partition coefficient (Wildman–Crippen LogP) is 4.71. The first-order chi connectivity index (χ1) is 12.8. The molecular weight excluding hydrogens is 412 g/mol. The SMILES string of the molecule is Cc1cc(Br)ccc1-c1c([N+](=O)[O-])cc2c3c(cccc13)C(=O)N(C)C2=O. The van der Waals surface area contributed by atoms with Gasteiger partial charge < -0.3 is 0 Å². The molecule has 6 nitrogen and oxygen atoms in total. The molecule has 4 rings (SSSR count). The molecule has 0 saturated carbocycles. The van der Waals surface area contributed by atoms with E-state index in [0.29, 0.717) is 27.5 Å². The van der Waals surface area contributed by atoms with Crippen LogP contribution in [0, 0.1) is 17.0 Å². The zero-order valence-corrected chi connectivity index (χ0v) is 16.0. The Labute approximate surface area is 162 Å². The van der Waals surface area contributed by atoms with Gasteiger partial charge in [-0.1, -0.05) is 34.1 Å². The third-order valence-corrected chi connectivity index (χ3v) is 5.36. The van der Waals surface area contributed by atoms with Gasteiger partial charge in [-0.05, 0) is 41.6 Å². The number of hydrogen-bond acceptors (Lipinski definition) is 4. The maximum absolute atomic E-state index is 12.6. The third-order valence-electron chi connectivity index (χ3n) is 4.86. The minimum atomic E-state index is -0.536. The number of imide groups is 1. The van der Waals surface area contributed by atoms with Crippen LogP contribution in [-0.4, -0.2) is 28.7 Å². The maximum atomic E-state index is 12.6. The van der Waals surface area contributed by atoms with E-state index in [4.69, 9.17) is 0 Å². The molecule has 2 amide bonds. The zero-order chi connectivity index (χ0) is 19.5. The van der Waals surface area contributed by atoms with E-state index in [2.05, 4.69) is 15.9 Å². The van der Waals surface area contributed by atoms with Crippen molar-refractivity contribution in [2.75, 3.05) is 7.05 Å². The number of amides is 2. The first kappa shape index (κ1) is 17.4. The standard InChI is InChI=1S/C20H13BrN2O4/c1-10-8-11(21)6-7-12(10)18-13-4-3-5-14-17(13)15(9-16(18)23(26)27)20(25)22(2)19(14)24/h3-9H,1-2H3. The second-order valence-corrected chi connectivity index (χ2v) is 7.35. The molecule has 3 aromatic rings. The fourth-order valence-corrected chi connectivity index (χ4v) is 4.08. The topological polar surface area (TPSA) is 80.5 Å². The second kappa shape index (κ2) is 5.99. The number of carbonyl (C=O) groups is 2. The molecule has 0 spiro atoms. The fourth-order valence-electron chi connectivity index (χ4n) is 3.60. The molecule has 1 heterocycles. The molecule has 7 heteroatoms. The van der Waals surface area contributed by atoms with Gasteiger partial charge >= 0.3 is 0 Å². The van der Waals surface area contributed by atoms with Crippen molar-refractivity contribution < 1.29 is 14.5 Å². The third kappa shape index (κ3) is 2.46. The van der Waals surface area contributed by atoms with Crippen molar-refractivity contribution in [3.05, 3.63) is 73.7 Å². The molecule has 0 aromatic heterocycles. The molecule has 134 valence electrons. The first-order valence-electron chi connectivity index (χ1n) is 8.14. The average Bonchev–Trinajstić information content (AvgIpc) is 2.64. The second-order valence-electron chi connectivity index (χ2n) is 6.43. The monoisotopic (exact) mass is 424 g/mol. The lowest BCUT2D eigenvalue weighted by Gasteiger charge is -2.24. The molecule has 0 radical (unpaired) electrons. The van der Waals surface area contributed by atoms with Crippen molar-refractivity contribution >= 4 is 44.2 Å². The first-order valence-corrected chi connectivity index (χ1v) is 8.93. The largest absolute Gasteiger partial charge is 0.278 e. The van der Waals surface area contributed by atoms with E-state index >= 15 is 0 Å². The minimum absolute atomic E-state index is 0.156.